The van der Waals surface area contributed by atoms with Gasteiger partial charge in [0.15, 0.2) is 5.65 Å². The van der Waals surface area contributed by atoms with E-state index in [4.69, 9.17) is 16.3 Å². The van der Waals surface area contributed by atoms with Gasteiger partial charge in [-0.05, 0) is 48.6 Å². The van der Waals surface area contributed by atoms with Crippen molar-refractivity contribution < 1.29 is 9.53 Å². The number of thioether (sulfide) groups is 1. The Hall–Kier alpha value is -2.25. The van der Waals surface area contributed by atoms with E-state index in [-0.39, 0.29) is 5.91 Å². The lowest BCUT2D eigenvalue weighted by atomic mass is 10.1. The molecule has 1 N–H and O–H groups in total. The number of halogens is 1. The number of hydrogen-bond donors (Lipinski definition) is 1. The van der Waals surface area contributed by atoms with Crippen LogP contribution < -0.4 is 10.1 Å². The highest BCUT2D eigenvalue weighted by Crippen LogP contribution is 2.33. The van der Waals surface area contributed by atoms with Crippen molar-refractivity contribution in [1.82, 2.24) is 14.8 Å². The van der Waals surface area contributed by atoms with E-state index in [2.05, 4.69) is 15.4 Å². The van der Waals surface area contributed by atoms with Crippen LogP contribution in [0.2, 0.25) is 5.02 Å². The number of hydrogen-bond acceptors (Lipinski definition) is 5. The molecule has 8 heteroatoms. The molecule has 3 heterocycles. The summed E-state index contributed by atoms with van der Waals surface area (Å²) in [5.41, 5.74) is 1.78. The lowest BCUT2D eigenvalue weighted by Gasteiger charge is -2.22. The number of carbonyl (C=O) groups is 1. The highest BCUT2D eigenvalue weighted by molar-refractivity contribution is 7.99. The molecular weight excluding hydrogens is 384 g/mol. The Labute approximate surface area is 166 Å². The first-order chi connectivity index (χ1) is 13.2. The molecule has 6 nitrogen and oxygen atoms in total. The van der Waals surface area contributed by atoms with Crippen molar-refractivity contribution in [2.75, 3.05) is 23.9 Å². The van der Waals surface area contributed by atoms with Crippen molar-refractivity contribution in [2.24, 2.45) is 0 Å². The van der Waals surface area contributed by atoms with Crippen molar-refractivity contribution in [3.63, 3.8) is 0 Å². The van der Waals surface area contributed by atoms with Crippen molar-refractivity contribution in [2.45, 2.75) is 18.9 Å². The second-order valence-corrected chi connectivity index (χ2v) is 8.00. The first-order valence-corrected chi connectivity index (χ1v) is 10.3. The van der Waals surface area contributed by atoms with Crippen molar-refractivity contribution >= 4 is 46.0 Å². The van der Waals surface area contributed by atoms with E-state index in [1.165, 1.54) is 0 Å². The molecule has 0 radical (unpaired) electrons. The Kier molecular flexibility index (Phi) is 5.22. The Bertz CT molecular complexity index is 968. The number of rotatable bonds is 4. The van der Waals surface area contributed by atoms with Gasteiger partial charge in [-0.25, -0.2) is 9.67 Å². The van der Waals surface area contributed by atoms with E-state index in [0.717, 1.165) is 35.4 Å². The molecule has 0 saturated carbocycles. The first kappa shape index (κ1) is 18.1. The van der Waals surface area contributed by atoms with Gasteiger partial charge in [0.2, 0.25) is 0 Å². The lowest BCUT2D eigenvalue weighted by Crippen LogP contribution is -2.17. The summed E-state index contributed by atoms with van der Waals surface area (Å²) in [6.45, 7) is 0. The summed E-state index contributed by atoms with van der Waals surface area (Å²) in [6, 6.07) is 7.29. The summed E-state index contributed by atoms with van der Waals surface area (Å²) in [5, 5.41) is 8.75. The number of pyridine rings is 1. The van der Waals surface area contributed by atoms with Crippen LogP contribution in [0.5, 0.6) is 5.75 Å². The summed E-state index contributed by atoms with van der Waals surface area (Å²) in [4.78, 5) is 17.3. The second-order valence-electron chi connectivity index (χ2n) is 6.34. The number of carbonyl (C=O) groups excluding carboxylic acids is 1. The van der Waals surface area contributed by atoms with Gasteiger partial charge in [-0.3, -0.25) is 4.79 Å². The van der Waals surface area contributed by atoms with Gasteiger partial charge in [-0.2, -0.15) is 16.9 Å². The molecule has 0 bridgehead atoms. The van der Waals surface area contributed by atoms with Gasteiger partial charge in [-0.15, -0.1) is 0 Å². The zero-order valence-corrected chi connectivity index (χ0v) is 16.4. The van der Waals surface area contributed by atoms with Gasteiger partial charge < -0.3 is 10.1 Å². The van der Waals surface area contributed by atoms with Crippen LogP contribution in [0.15, 0.2) is 36.7 Å². The van der Waals surface area contributed by atoms with E-state index < -0.39 is 0 Å². The Morgan fingerprint density at radius 1 is 1.26 bits per heavy atom. The zero-order chi connectivity index (χ0) is 18.8. The summed E-state index contributed by atoms with van der Waals surface area (Å²) in [7, 11) is 1.56. The molecule has 3 aromatic rings. The number of benzene rings is 1. The first-order valence-electron chi connectivity index (χ1n) is 8.72. The summed E-state index contributed by atoms with van der Waals surface area (Å²) >= 11 is 7.86. The van der Waals surface area contributed by atoms with Gasteiger partial charge >= 0.3 is 0 Å². The molecule has 0 aliphatic carbocycles. The molecule has 1 amide bonds. The third-order valence-electron chi connectivity index (χ3n) is 4.66. The minimum atomic E-state index is -0.287. The van der Waals surface area contributed by atoms with E-state index in [9.17, 15) is 4.79 Å². The molecule has 1 aromatic carbocycles. The molecule has 0 spiro atoms. The Morgan fingerprint density at radius 3 is 2.70 bits per heavy atom. The molecule has 0 atom stereocenters. The van der Waals surface area contributed by atoms with Gasteiger partial charge in [-0.1, -0.05) is 11.6 Å². The number of methoxy groups -OCH3 is 1. The van der Waals surface area contributed by atoms with Crippen LogP contribution in [0, 0.1) is 0 Å². The van der Waals surface area contributed by atoms with Gasteiger partial charge in [0.25, 0.3) is 5.91 Å². The molecule has 0 unspecified atom stereocenters. The molecule has 1 aliphatic rings. The van der Waals surface area contributed by atoms with Gasteiger partial charge in [0.05, 0.1) is 24.7 Å². The lowest BCUT2D eigenvalue weighted by molar-refractivity contribution is 0.102. The largest absolute Gasteiger partial charge is 0.495 e. The minimum absolute atomic E-state index is 0.287. The number of amides is 1. The number of nitrogens with zero attached hydrogens (tertiary/aromatic N) is 3. The van der Waals surface area contributed by atoms with E-state index >= 15 is 0 Å². The van der Waals surface area contributed by atoms with Crippen molar-refractivity contribution in [1.29, 1.82) is 0 Å². The third-order valence-corrected chi connectivity index (χ3v) is 5.96. The summed E-state index contributed by atoms with van der Waals surface area (Å²) in [6.07, 6.45) is 5.44. The number of fused-ring (bicyclic) bond motifs is 1. The standard InChI is InChI=1S/C19H19ClN4O2S/c1-26-17-15-11-22-24(14-6-8-27-9-7-14)18(15)21-10-16(17)19(25)23-13-4-2-12(20)3-5-13/h2-5,10-11,14H,6-9H2,1H3,(H,23,25). The van der Waals surface area contributed by atoms with Crippen LogP contribution in [-0.2, 0) is 0 Å². The van der Waals surface area contributed by atoms with Crippen LogP contribution >= 0.6 is 23.4 Å². The van der Waals surface area contributed by atoms with Crippen molar-refractivity contribution in [3.8, 4) is 5.75 Å². The van der Waals surface area contributed by atoms with Crippen LogP contribution in [0.25, 0.3) is 11.0 Å². The summed E-state index contributed by atoms with van der Waals surface area (Å²) in [5.74, 6) is 2.46. The fourth-order valence-electron chi connectivity index (χ4n) is 3.28. The maximum atomic E-state index is 12.7. The molecule has 4 rings (SSSR count). The smallest absolute Gasteiger partial charge is 0.261 e. The van der Waals surface area contributed by atoms with E-state index in [0.29, 0.717) is 28.1 Å². The number of ether oxygens (including phenoxy) is 1. The number of anilines is 1. The van der Waals surface area contributed by atoms with Crippen LogP contribution in [-0.4, -0.2) is 39.3 Å². The van der Waals surface area contributed by atoms with E-state index in [1.807, 2.05) is 16.4 Å². The number of aromatic nitrogens is 3. The summed E-state index contributed by atoms with van der Waals surface area (Å²) < 4.78 is 7.53. The monoisotopic (exact) mass is 402 g/mol. The molecular formula is C19H19ClN4O2S. The molecule has 1 aliphatic heterocycles. The second kappa shape index (κ2) is 7.78. The molecule has 2 aromatic heterocycles. The number of nitrogens with one attached hydrogen (secondary N) is 1. The molecule has 1 saturated heterocycles. The minimum Gasteiger partial charge on any atom is -0.495 e. The predicted octanol–water partition coefficient (Wildman–Crippen LogP) is 4.41. The average Bonchev–Trinajstić information content (AvgIpc) is 3.13. The van der Waals surface area contributed by atoms with Gasteiger partial charge in [0, 0.05) is 16.9 Å². The van der Waals surface area contributed by atoms with Crippen molar-refractivity contribution in [3.05, 3.63) is 47.2 Å². The molecule has 140 valence electrons. The fraction of sp³-hybridized carbons (Fsp3) is 0.316. The molecule has 1 fully saturated rings. The average molecular weight is 403 g/mol. The maximum Gasteiger partial charge on any atom is 0.261 e. The van der Waals surface area contributed by atoms with E-state index in [1.54, 1.807) is 43.8 Å². The highest BCUT2D eigenvalue weighted by atomic mass is 35.5. The van der Waals surface area contributed by atoms with Crippen LogP contribution in [0.1, 0.15) is 29.2 Å². The van der Waals surface area contributed by atoms with Gasteiger partial charge in [0.1, 0.15) is 11.3 Å². The normalized spacial score (nSPS) is 15.0. The predicted molar refractivity (Wildman–Crippen MR) is 109 cm³/mol. The quantitative estimate of drug-likeness (QED) is 0.699. The molecule has 27 heavy (non-hydrogen) atoms. The SMILES string of the molecule is COc1c(C(=O)Nc2ccc(Cl)cc2)cnc2c1cnn2C1CCSCC1. The highest BCUT2D eigenvalue weighted by Gasteiger charge is 2.23. The third kappa shape index (κ3) is 3.61. The Balaban J connectivity index is 1.67. The van der Waals surface area contributed by atoms with Crippen LogP contribution in [0.4, 0.5) is 5.69 Å². The zero-order valence-electron chi connectivity index (χ0n) is 14.8. The maximum absolute atomic E-state index is 12.7. The van der Waals surface area contributed by atoms with Crippen LogP contribution in [0.3, 0.4) is 0 Å². The Morgan fingerprint density at radius 2 is 2.00 bits per heavy atom. The topological polar surface area (TPSA) is 69.0 Å². The fourth-order valence-corrected chi connectivity index (χ4v) is 4.49.